The first-order valence-electron chi connectivity index (χ1n) is 9.98. The molecular formula is C23H22N6O2. The maximum absolute atomic E-state index is 12.4. The summed E-state index contributed by atoms with van der Waals surface area (Å²) in [6.45, 7) is 4.84. The van der Waals surface area contributed by atoms with Crippen molar-refractivity contribution in [1.29, 1.82) is 5.26 Å². The highest BCUT2D eigenvalue weighted by Gasteiger charge is 2.15. The van der Waals surface area contributed by atoms with Crippen LogP contribution >= 0.6 is 0 Å². The second-order valence-corrected chi connectivity index (χ2v) is 7.14. The molecule has 4 rings (SSSR count). The first-order chi connectivity index (χ1) is 15.1. The van der Waals surface area contributed by atoms with E-state index >= 15 is 0 Å². The molecule has 1 aromatic heterocycles. The molecule has 2 heterocycles. The topological polar surface area (TPSA) is 103 Å². The smallest absolute Gasteiger partial charge is 0.255 e. The van der Waals surface area contributed by atoms with Gasteiger partial charge in [-0.1, -0.05) is 6.07 Å². The van der Waals surface area contributed by atoms with Gasteiger partial charge >= 0.3 is 0 Å². The minimum Gasteiger partial charge on any atom is -0.378 e. The summed E-state index contributed by atoms with van der Waals surface area (Å²) in [5.74, 6) is 1.13. The van der Waals surface area contributed by atoms with Crippen LogP contribution in [-0.4, -0.2) is 42.2 Å². The van der Waals surface area contributed by atoms with E-state index in [-0.39, 0.29) is 5.91 Å². The van der Waals surface area contributed by atoms with Crippen LogP contribution in [0, 0.1) is 18.3 Å². The Bertz CT molecular complexity index is 1120. The molecule has 0 aliphatic carbocycles. The maximum Gasteiger partial charge on any atom is 0.255 e. The molecule has 1 amide bonds. The third-order valence-electron chi connectivity index (χ3n) is 4.81. The highest BCUT2D eigenvalue weighted by molar-refractivity contribution is 6.04. The summed E-state index contributed by atoms with van der Waals surface area (Å²) < 4.78 is 5.40. The van der Waals surface area contributed by atoms with Gasteiger partial charge < -0.3 is 20.3 Å². The quantitative estimate of drug-likeness (QED) is 0.659. The number of benzene rings is 2. The molecule has 1 aliphatic heterocycles. The van der Waals surface area contributed by atoms with Gasteiger partial charge in [0.15, 0.2) is 0 Å². The van der Waals surface area contributed by atoms with Gasteiger partial charge in [-0.2, -0.15) is 10.2 Å². The van der Waals surface area contributed by atoms with Gasteiger partial charge in [-0.15, -0.1) is 0 Å². The monoisotopic (exact) mass is 414 g/mol. The molecule has 1 saturated heterocycles. The summed E-state index contributed by atoms with van der Waals surface area (Å²) in [5, 5.41) is 15.1. The zero-order valence-electron chi connectivity index (χ0n) is 17.1. The van der Waals surface area contributed by atoms with E-state index in [0.717, 1.165) is 24.5 Å². The second-order valence-electron chi connectivity index (χ2n) is 7.14. The van der Waals surface area contributed by atoms with Crippen LogP contribution in [0.25, 0.3) is 0 Å². The lowest BCUT2D eigenvalue weighted by molar-refractivity contribution is 0.102. The average Bonchev–Trinajstić information content (AvgIpc) is 2.80. The number of amides is 1. The SMILES string of the molecule is Cc1cc(Nc2ccc(NC(=O)c3cccc(C#N)c3)cc2)nc(N2CCOCC2)n1. The van der Waals surface area contributed by atoms with Gasteiger partial charge in [-0.05, 0) is 49.4 Å². The molecule has 2 N–H and O–H groups in total. The summed E-state index contributed by atoms with van der Waals surface area (Å²) in [5.41, 5.74) is 3.26. The Morgan fingerprint density at radius 3 is 2.55 bits per heavy atom. The van der Waals surface area contributed by atoms with Crippen LogP contribution in [0.1, 0.15) is 21.6 Å². The lowest BCUT2D eigenvalue weighted by atomic mass is 10.1. The highest BCUT2D eigenvalue weighted by atomic mass is 16.5. The number of aromatic nitrogens is 2. The highest BCUT2D eigenvalue weighted by Crippen LogP contribution is 2.21. The summed E-state index contributed by atoms with van der Waals surface area (Å²) in [4.78, 5) is 23.7. The van der Waals surface area contributed by atoms with Crippen LogP contribution in [0.2, 0.25) is 0 Å². The van der Waals surface area contributed by atoms with E-state index in [4.69, 9.17) is 10.00 Å². The van der Waals surface area contributed by atoms with Gasteiger partial charge in [-0.3, -0.25) is 4.79 Å². The number of anilines is 4. The number of ether oxygens (including phenoxy) is 1. The first kappa shape index (κ1) is 20.3. The van der Waals surface area contributed by atoms with Gasteiger partial charge in [-0.25, -0.2) is 4.98 Å². The molecule has 0 unspecified atom stereocenters. The lowest BCUT2D eigenvalue weighted by Crippen LogP contribution is -2.37. The average molecular weight is 414 g/mol. The molecule has 156 valence electrons. The zero-order valence-corrected chi connectivity index (χ0v) is 17.1. The van der Waals surface area contributed by atoms with E-state index in [1.807, 2.05) is 43.3 Å². The van der Waals surface area contributed by atoms with Crippen molar-refractivity contribution < 1.29 is 9.53 Å². The predicted octanol–water partition coefficient (Wildman–Crippen LogP) is 3.49. The molecular weight excluding hydrogens is 392 g/mol. The summed E-state index contributed by atoms with van der Waals surface area (Å²) in [6, 6.07) is 17.9. The molecule has 0 spiro atoms. The van der Waals surface area contributed by atoms with Crippen molar-refractivity contribution in [3.8, 4) is 6.07 Å². The predicted molar refractivity (Wildman–Crippen MR) is 119 cm³/mol. The van der Waals surface area contributed by atoms with Crippen LogP contribution in [0.15, 0.2) is 54.6 Å². The molecule has 2 aromatic carbocycles. The van der Waals surface area contributed by atoms with E-state index in [1.165, 1.54) is 0 Å². The summed E-state index contributed by atoms with van der Waals surface area (Å²) in [7, 11) is 0. The third kappa shape index (κ3) is 5.15. The second kappa shape index (κ2) is 9.24. The number of nitriles is 1. The van der Waals surface area contributed by atoms with Gasteiger partial charge in [0.2, 0.25) is 5.95 Å². The molecule has 1 fully saturated rings. The van der Waals surface area contributed by atoms with E-state index in [9.17, 15) is 4.79 Å². The molecule has 0 bridgehead atoms. The number of morpholine rings is 1. The molecule has 8 nitrogen and oxygen atoms in total. The van der Waals surface area contributed by atoms with Crippen LogP contribution in [-0.2, 0) is 4.74 Å². The molecule has 0 atom stereocenters. The number of carbonyl (C=O) groups excluding carboxylic acids is 1. The number of rotatable bonds is 5. The van der Waals surface area contributed by atoms with Crippen molar-refractivity contribution >= 4 is 29.0 Å². The molecule has 8 heteroatoms. The maximum atomic E-state index is 12.4. The fourth-order valence-corrected chi connectivity index (χ4v) is 3.24. The molecule has 0 saturated carbocycles. The van der Waals surface area contributed by atoms with Gasteiger partial charge in [0.05, 0.1) is 24.8 Å². The fraction of sp³-hybridized carbons (Fsp3) is 0.217. The number of carbonyl (C=O) groups is 1. The van der Waals surface area contributed by atoms with Crippen molar-refractivity contribution in [3.63, 3.8) is 0 Å². The van der Waals surface area contributed by atoms with Gasteiger partial charge in [0, 0.05) is 41.8 Å². The van der Waals surface area contributed by atoms with Crippen LogP contribution in [0.4, 0.5) is 23.1 Å². The van der Waals surface area contributed by atoms with Gasteiger partial charge in [0.25, 0.3) is 5.91 Å². The standard InChI is InChI=1S/C23H22N6O2/c1-16-13-21(28-23(25-16)29-9-11-31-12-10-29)26-19-5-7-20(8-6-19)27-22(30)18-4-2-3-17(14-18)15-24/h2-8,13-14H,9-12H2,1H3,(H,27,30)(H,25,26,28). The third-order valence-corrected chi connectivity index (χ3v) is 4.81. The summed E-state index contributed by atoms with van der Waals surface area (Å²) >= 11 is 0. The number of hydrogen-bond donors (Lipinski definition) is 2. The van der Waals surface area contributed by atoms with Crippen molar-refractivity contribution in [2.75, 3.05) is 41.8 Å². The van der Waals surface area contributed by atoms with Crippen molar-refractivity contribution in [1.82, 2.24) is 9.97 Å². The van der Waals surface area contributed by atoms with Crippen molar-refractivity contribution in [2.24, 2.45) is 0 Å². The van der Waals surface area contributed by atoms with E-state index in [2.05, 4.69) is 25.5 Å². The lowest BCUT2D eigenvalue weighted by Gasteiger charge is -2.27. The molecule has 0 radical (unpaired) electrons. The first-order valence-corrected chi connectivity index (χ1v) is 9.98. The Kier molecular flexibility index (Phi) is 6.05. The number of hydrogen-bond acceptors (Lipinski definition) is 7. The Balaban J connectivity index is 1.43. The minimum atomic E-state index is -0.264. The van der Waals surface area contributed by atoms with Crippen LogP contribution < -0.4 is 15.5 Å². The largest absolute Gasteiger partial charge is 0.378 e. The van der Waals surface area contributed by atoms with Gasteiger partial charge in [0.1, 0.15) is 5.82 Å². The zero-order chi connectivity index (χ0) is 21.6. The Labute approximate surface area is 180 Å². The van der Waals surface area contributed by atoms with E-state index in [1.54, 1.807) is 24.3 Å². The molecule has 1 aliphatic rings. The summed E-state index contributed by atoms with van der Waals surface area (Å²) in [6.07, 6.45) is 0. The fourth-order valence-electron chi connectivity index (χ4n) is 3.24. The Morgan fingerprint density at radius 2 is 1.81 bits per heavy atom. The number of nitrogens with zero attached hydrogens (tertiary/aromatic N) is 4. The minimum absolute atomic E-state index is 0.264. The normalized spacial score (nSPS) is 13.4. The Morgan fingerprint density at radius 1 is 1.06 bits per heavy atom. The Hall–Kier alpha value is -3.96. The van der Waals surface area contributed by atoms with Crippen molar-refractivity contribution in [2.45, 2.75) is 6.92 Å². The number of aryl methyl sites for hydroxylation is 1. The van der Waals surface area contributed by atoms with Crippen LogP contribution in [0.3, 0.4) is 0 Å². The number of nitrogens with one attached hydrogen (secondary N) is 2. The van der Waals surface area contributed by atoms with Crippen molar-refractivity contribution in [3.05, 3.63) is 71.4 Å². The van der Waals surface area contributed by atoms with E-state index in [0.29, 0.717) is 41.8 Å². The molecule has 3 aromatic rings. The van der Waals surface area contributed by atoms with E-state index < -0.39 is 0 Å². The molecule has 31 heavy (non-hydrogen) atoms. The van der Waals surface area contributed by atoms with Crippen LogP contribution in [0.5, 0.6) is 0 Å².